The molecule has 24 heavy (non-hydrogen) atoms. The summed E-state index contributed by atoms with van der Waals surface area (Å²) in [7, 11) is 0. The first-order valence-electron chi connectivity index (χ1n) is 8.23. The lowest BCUT2D eigenvalue weighted by Gasteiger charge is -2.39. The molecule has 0 radical (unpaired) electrons. The number of likely N-dealkylation sites (tertiary alicyclic amines) is 1. The molecule has 2 aliphatic rings. The van der Waals surface area contributed by atoms with Crippen molar-refractivity contribution in [3.05, 3.63) is 48.5 Å². The van der Waals surface area contributed by atoms with Gasteiger partial charge in [-0.05, 0) is 53.2 Å². The van der Waals surface area contributed by atoms with Crippen LogP contribution in [0.5, 0.6) is 0 Å². The molecule has 0 bridgehead atoms. The third-order valence-corrected chi connectivity index (χ3v) is 6.41. The zero-order valence-corrected chi connectivity index (χ0v) is 15.6. The number of halogens is 1. The van der Waals surface area contributed by atoms with Gasteiger partial charge in [-0.15, -0.1) is 11.3 Å². The maximum absolute atomic E-state index is 12.3. The van der Waals surface area contributed by atoms with Crippen LogP contribution in [0.25, 0.3) is 0 Å². The van der Waals surface area contributed by atoms with E-state index in [4.69, 9.17) is 0 Å². The van der Waals surface area contributed by atoms with Gasteiger partial charge in [-0.1, -0.05) is 0 Å². The molecule has 126 valence electrons. The number of nitrogens with zero attached hydrogens (tertiary/aromatic N) is 3. The fourth-order valence-corrected chi connectivity index (χ4v) is 4.80. The lowest BCUT2D eigenvalue weighted by molar-refractivity contribution is 0.0462. The standard InChI is InChI=1S/C17H18BrN3O2S/c18-13-6-15(24-10-13)17(23)20-7-11(8-20)9-21-16(22)5-12-3-1-2-4-14(12)19-21/h5-6,10-11H,1-4,7-9H2. The summed E-state index contributed by atoms with van der Waals surface area (Å²) < 4.78 is 2.54. The van der Waals surface area contributed by atoms with Crippen LogP contribution < -0.4 is 5.56 Å². The van der Waals surface area contributed by atoms with E-state index in [1.807, 2.05) is 16.3 Å². The molecule has 3 heterocycles. The highest BCUT2D eigenvalue weighted by Crippen LogP contribution is 2.25. The second-order valence-electron chi connectivity index (χ2n) is 6.55. The van der Waals surface area contributed by atoms with Crippen molar-refractivity contribution in [3.8, 4) is 0 Å². The van der Waals surface area contributed by atoms with E-state index < -0.39 is 0 Å². The molecule has 0 N–H and O–H groups in total. The van der Waals surface area contributed by atoms with Gasteiger partial charge in [0.25, 0.3) is 11.5 Å². The minimum Gasteiger partial charge on any atom is -0.337 e. The van der Waals surface area contributed by atoms with Gasteiger partial charge in [-0.3, -0.25) is 9.59 Å². The quantitative estimate of drug-likeness (QED) is 0.785. The molecule has 1 aliphatic carbocycles. The number of fused-ring (bicyclic) bond motifs is 1. The van der Waals surface area contributed by atoms with Crippen molar-refractivity contribution in [2.24, 2.45) is 5.92 Å². The van der Waals surface area contributed by atoms with E-state index in [0.29, 0.717) is 25.6 Å². The fourth-order valence-electron chi connectivity index (χ4n) is 3.41. The molecule has 0 atom stereocenters. The lowest BCUT2D eigenvalue weighted by atomic mass is 9.96. The minimum absolute atomic E-state index is 0.0115. The number of thiophene rings is 1. The van der Waals surface area contributed by atoms with Crippen molar-refractivity contribution in [1.29, 1.82) is 0 Å². The summed E-state index contributed by atoms with van der Waals surface area (Å²) in [5, 5.41) is 6.48. The van der Waals surface area contributed by atoms with Crippen molar-refractivity contribution in [2.45, 2.75) is 32.2 Å². The van der Waals surface area contributed by atoms with Crippen LogP contribution in [0.2, 0.25) is 0 Å². The predicted octanol–water partition coefficient (Wildman–Crippen LogP) is 2.72. The van der Waals surface area contributed by atoms with E-state index in [1.165, 1.54) is 11.3 Å². The minimum atomic E-state index is -0.0115. The average molecular weight is 408 g/mol. The van der Waals surface area contributed by atoms with E-state index in [0.717, 1.165) is 46.3 Å². The molecular formula is C17H18BrN3O2S. The Morgan fingerprint density at radius 2 is 2.08 bits per heavy atom. The topological polar surface area (TPSA) is 55.2 Å². The van der Waals surface area contributed by atoms with Crippen LogP contribution in [-0.4, -0.2) is 33.7 Å². The maximum atomic E-state index is 12.3. The van der Waals surface area contributed by atoms with Crippen LogP contribution in [0, 0.1) is 5.92 Å². The molecule has 0 spiro atoms. The summed E-state index contributed by atoms with van der Waals surface area (Å²) in [5.41, 5.74) is 2.19. The number of aromatic nitrogens is 2. The van der Waals surface area contributed by atoms with Crippen molar-refractivity contribution >= 4 is 33.2 Å². The molecule has 7 heteroatoms. The zero-order valence-electron chi connectivity index (χ0n) is 13.2. The van der Waals surface area contributed by atoms with Gasteiger partial charge in [0.05, 0.1) is 17.1 Å². The summed E-state index contributed by atoms with van der Waals surface area (Å²) >= 11 is 4.83. The number of carbonyl (C=O) groups is 1. The molecule has 0 aromatic carbocycles. The third-order valence-electron chi connectivity index (χ3n) is 4.73. The Morgan fingerprint density at radius 1 is 1.29 bits per heavy atom. The number of aryl methyl sites for hydroxylation is 2. The molecule has 1 aliphatic heterocycles. The van der Waals surface area contributed by atoms with E-state index >= 15 is 0 Å². The highest BCUT2D eigenvalue weighted by Gasteiger charge is 2.32. The van der Waals surface area contributed by atoms with Gasteiger partial charge in [0.1, 0.15) is 0 Å². The van der Waals surface area contributed by atoms with Crippen molar-refractivity contribution in [3.63, 3.8) is 0 Å². The van der Waals surface area contributed by atoms with E-state index in [1.54, 1.807) is 10.7 Å². The third kappa shape index (κ3) is 3.07. The normalized spacial score (nSPS) is 17.5. The van der Waals surface area contributed by atoms with Gasteiger partial charge in [-0.25, -0.2) is 4.68 Å². The van der Waals surface area contributed by atoms with Crippen LogP contribution in [0.4, 0.5) is 0 Å². The summed E-state index contributed by atoms with van der Waals surface area (Å²) in [6.07, 6.45) is 4.25. The summed E-state index contributed by atoms with van der Waals surface area (Å²) in [6.45, 7) is 1.99. The second-order valence-corrected chi connectivity index (χ2v) is 8.38. The zero-order chi connectivity index (χ0) is 16.7. The van der Waals surface area contributed by atoms with E-state index in [9.17, 15) is 9.59 Å². The molecule has 2 aromatic heterocycles. The monoisotopic (exact) mass is 407 g/mol. The van der Waals surface area contributed by atoms with Crippen LogP contribution in [0.1, 0.15) is 33.8 Å². The predicted molar refractivity (Wildman–Crippen MR) is 96.6 cm³/mol. The van der Waals surface area contributed by atoms with Gasteiger partial charge in [0.2, 0.25) is 0 Å². The lowest BCUT2D eigenvalue weighted by Crippen LogP contribution is -2.52. The van der Waals surface area contributed by atoms with Crippen LogP contribution >= 0.6 is 27.3 Å². The van der Waals surface area contributed by atoms with Gasteiger partial charge >= 0.3 is 0 Å². The van der Waals surface area contributed by atoms with Crippen molar-refractivity contribution in [2.75, 3.05) is 13.1 Å². The highest BCUT2D eigenvalue weighted by atomic mass is 79.9. The van der Waals surface area contributed by atoms with Crippen LogP contribution in [0.15, 0.2) is 26.8 Å². The molecule has 1 fully saturated rings. The summed E-state index contributed by atoms with van der Waals surface area (Å²) in [6, 6.07) is 3.61. The maximum Gasteiger partial charge on any atom is 0.267 e. The Morgan fingerprint density at radius 3 is 2.83 bits per heavy atom. The Bertz CT molecular complexity index is 839. The van der Waals surface area contributed by atoms with Crippen LogP contribution in [0.3, 0.4) is 0 Å². The number of carbonyl (C=O) groups excluding carboxylic acids is 1. The first-order valence-corrected chi connectivity index (χ1v) is 9.90. The smallest absolute Gasteiger partial charge is 0.267 e. The number of rotatable bonds is 3. The number of amides is 1. The number of hydrogen-bond acceptors (Lipinski definition) is 4. The van der Waals surface area contributed by atoms with Gasteiger partial charge < -0.3 is 4.90 Å². The van der Waals surface area contributed by atoms with Gasteiger partial charge in [0, 0.05) is 34.9 Å². The summed E-state index contributed by atoms with van der Waals surface area (Å²) in [5.74, 6) is 0.386. The Labute approximate surface area is 152 Å². The first-order chi connectivity index (χ1) is 11.6. The first kappa shape index (κ1) is 16.0. The Kier molecular flexibility index (Phi) is 4.30. The second kappa shape index (κ2) is 6.44. The molecule has 0 unspecified atom stereocenters. The summed E-state index contributed by atoms with van der Waals surface area (Å²) in [4.78, 5) is 27.1. The average Bonchev–Trinajstić information content (AvgIpc) is 2.96. The molecule has 4 rings (SSSR count). The molecular weight excluding hydrogens is 390 g/mol. The fraction of sp³-hybridized carbons (Fsp3) is 0.471. The number of hydrogen-bond donors (Lipinski definition) is 0. The largest absolute Gasteiger partial charge is 0.337 e. The molecule has 5 nitrogen and oxygen atoms in total. The van der Waals surface area contributed by atoms with Crippen molar-refractivity contribution < 1.29 is 4.79 Å². The van der Waals surface area contributed by atoms with E-state index in [2.05, 4.69) is 21.0 Å². The van der Waals surface area contributed by atoms with Crippen LogP contribution in [-0.2, 0) is 19.4 Å². The SMILES string of the molecule is O=C(c1cc(Br)cs1)N1CC(Cn2nc3c(cc2=O)CCCC3)C1. The molecule has 0 saturated carbocycles. The Balaban J connectivity index is 1.40. The molecule has 2 aromatic rings. The molecule has 1 amide bonds. The van der Waals surface area contributed by atoms with Gasteiger partial charge in [0.15, 0.2) is 0 Å². The van der Waals surface area contributed by atoms with E-state index in [-0.39, 0.29) is 11.5 Å². The Hall–Kier alpha value is -1.47. The van der Waals surface area contributed by atoms with Crippen molar-refractivity contribution in [1.82, 2.24) is 14.7 Å². The van der Waals surface area contributed by atoms with Gasteiger partial charge in [-0.2, -0.15) is 5.10 Å². The molecule has 1 saturated heterocycles. The highest BCUT2D eigenvalue weighted by molar-refractivity contribution is 9.10.